The van der Waals surface area contributed by atoms with Gasteiger partial charge in [-0.1, -0.05) is 25.3 Å². The Kier molecular flexibility index (Phi) is 6.37. The Morgan fingerprint density at radius 3 is 2.58 bits per heavy atom. The molecule has 5 nitrogen and oxygen atoms in total. The molecule has 1 heterocycles. The van der Waals surface area contributed by atoms with E-state index in [1.165, 1.54) is 31.4 Å². The van der Waals surface area contributed by atoms with E-state index in [1.54, 1.807) is 12.3 Å². The molecule has 6 heteroatoms. The van der Waals surface area contributed by atoms with Gasteiger partial charge in [-0.3, -0.25) is 4.79 Å². The number of nitrogen functional groups attached to an aromatic ring is 1. The van der Waals surface area contributed by atoms with Gasteiger partial charge in [0.05, 0.1) is 17.5 Å². The molecular formula is C18H22FN3O2. The van der Waals surface area contributed by atoms with Gasteiger partial charge >= 0.3 is 0 Å². The molecular weight excluding hydrogens is 309 g/mol. The molecule has 0 saturated heterocycles. The number of nitrogens with two attached hydrogens (primary N) is 1. The number of hydrogen-bond donors (Lipinski definition) is 2. The zero-order valence-corrected chi connectivity index (χ0v) is 13.7. The molecule has 1 fully saturated rings. The highest BCUT2D eigenvalue weighted by Gasteiger charge is 2.19. The quantitative estimate of drug-likeness (QED) is 0.842. The molecule has 128 valence electrons. The molecule has 0 unspecified atom stereocenters. The molecule has 1 aromatic carbocycles. The van der Waals surface area contributed by atoms with Gasteiger partial charge in [0, 0.05) is 18.6 Å². The lowest BCUT2D eigenvalue weighted by Gasteiger charge is -2.21. The van der Waals surface area contributed by atoms with Crippen LogP contribution in [0.25, 0.3) is 11.3 Å². The van der Waals surface area contributed by atoms with Crippen LogP contribution in [0.2, 0.25) is 0 Å². The molecule has 0 radical (unpaired) electrons. The fraction of sp³-hybridized carbons (Fsp3) is 0.389. The van der Waals surface area contributed by atoms with Crippen molar-refractivity contribution in [2.24, 2.45) is 0 Å². The monoisotopic (exact) mass is 331 g/mol. The Morgan fingerprint density at radius 1 is 1.25 bits per heavy atom. The summed E-state index contributed by atoms with van der Waals surface area (Å²) in [5.41, 5.74) is 7.89. The molecule has 3 rings (SSSR count). The summed E-state index contributed by atoms with van der Waals surface area (Å²) in [4.78, 5) is 19.6. The minimum atomic E-state index is -0.572. The van der Waals surface area contributed by atoms with E-state index in [1.807, 2.05) is 0 Å². The summed E-state index contributed by atoms with van der Waals surface area (Å²) in [6.07, 6.45) is 8.11. The van der Waals surface area contributed by atoms with E-state index in [9.17, 15) is 9.18 Å². The summed E-state index contributed by atoms with van der Waals surface area (Å²) in [6, 6.07) is 4.37. The first-order valence-electron chi connectivity index (χ1n) is 8.01. The van der Waals surface area contributed by atoms with E-state index in [0.717, 1.165) is 25.6 Å². The number of aliphatic hydroxyl groups excluding tert-OH is 1. The molecule has 2 aromatic rings. The van der Waals surface area contributed by atoms with Gasteiger partial charge in [-0.15, -0.1) is 0 Å². The lowest BCUT2D eigenvalue weighted by molar-refractivity contribution is 0.112. The van der Waals surface area contributed by atoms with Crippen LogP contribution in [-0.2, 0) is 0 Å². The Hall–Kier alpha value is -2.34. The van der Waals surface area contributed by atoms with E-state index >= 15 is 0 Å². The summed E-state index contributed by atoms with van der Waals surface area (Å²) >= 11 is 0. The largest absolute Gasteiger partial charge is 0.400 e. The summed E-state index contributed by atoms with van der Waals surface area (Å²) in [6.45, 7) is 0. The highest BCUT2D eigenvalue weighted by atomic mass is 19.1. The molecule has 1 aliphatic rings. The standard InChI is InChI=1S/C17H18FN3O.CH4O/c18-14-8-12(6-7-13(14)10-22)16-17(19)20-9-15(21-16)11-4-2-1-3-5-11;1-2/h6-11H,1-5H2,(H2,19,20);2H,1H3. The second kappa shape index (κ2) is 8.49. The first kappa shape index (κ1) is 18.0. The molecule has 1 aromatic heterocycles. The SMILES string of the molecule is CO.Nc1ncc(C2CCCCC2)nc1-c1ccc(C=O)c(F)c1. The van der Waals surface area contributed by atoms with E-state index in [2.05, 4.69) is 9.97 Å². The zero-order chi connectivity index (χ0) is 17.5. The van der Waals surface area contributed by atoms with Gasteiger partial charge in [0.1, 0.15) is 17.3 Å². The first-order chi connectivity index (χ1) is 11.7. The van der Waals surface area contributed by atoms with Gasteiger partial charge in [-0.05, 0) is 25.0 Å². The third-order valence-electron chi connectivity index (χ3n) is 4.24. The van der Waals surface area contributed by atoms with Crippen molar-refractivity contribution in [1.29, 1.82) is 0 Å². The van der Waals surface area contributed by atoms with Crippen LogP contribution in [0.3, 0.4) is 0 Å². The Balaban J connectivity index is 0.00000100. The van der Waals surface area contributed by atoms with Gasteiger partial charge in [-0.2, -0.15) is 0 Å². The van der Waals surface area contributed by atoms with Crippen molar-refractivity contribution in [3.05, 3.63) is 41.5 Å². The number of aliphatic hydroxyl groups is 1. The van der Waals surface area contributed by atoms with Crippen LogP contribution in [-0.4, -0.2) is 28.5 Å². The molecule has 0 atom stereocenters. The molecule has 0 spiro atoms. The topological polar surface area (TPSA) is 89.1 Å². The number of nitrogens with zero attached hydrogens (tertiary/aromatic N) is 2. The van der Waals surface area contributed by atoms with E-state index < -0.39 is 5.82 Å². The van der Waals surface area contributed by atoms with Crippen LogP contribution in [0, 0.1) is 5.82 Å². The highest BCUT2D eigenvalue weighted by molar-refractivity contribution is 5.78. The van der Waals surface area contributed by atoms with Crippen molar-refractivity contribution in [3.8, 4) is 11.3 Å². The molecule has 1 saturated carbocycles. The lowest BCUT2D eigenvalue weighted by Crippen LogP contribution is -2.09. The molecule has 24 heavy (non-hydrogen) atoms. The number of benzene rings is 1. The molecule has 1 aliphatic carbocycles. The molecule has 0 aliphatic heterocycles. The zero-order valence-electron chi connectivity index (χ0n) is 13.7. The van der Waals surface area contributed by atoms with Crippen molar-refractivity contribution >= 4 is 12.1 Å². The van der Waals surface area contributed by atoms with Crippen LogP contribution in [0.1, 0.15) is 54.1 Å². The number of anilines is 1. The summed E-state index contributed by atoms with van der Waals surface area (Å²) in [5.74, 6) is 0.106. The number of hydrogen-bond acceptors (Lipinski definition) is 5. The van der Waals surface area contributed by atoms with Crippen LogP contribution in [0.5, 0.6) is 0 Å². The Labute approximate surface area is 140 Å². The fourth-order valence-corrected chi connectivity index (χ4v) is 2.99. The summed E-state index contributed by atoms with van der Waals surface area (Å²) in [7, 11) is 1.00. The maximum atomic E-state index is 13.8. The maximum Gasteiger partial charge on any atom is 0.152 e. The van der Waals surface area contributed by atoms with Crippen molar-refractivity contribution in [2.45, 2.75) is 38.0 Å². The maximum absolute atomic E-state index is 13.8. The van der Waals surface area contributed by atoms with Gasteiger partial charge in [0.2, 0.25) is 0 Å². The minimum absolute atomic E-state index is 0.0266. The van der Waals surface area contributed by atoms with E-state index in [0.29, 0.717) is 23.5 Å². The number of aromatic nitrogens is 2. The van der Waals surface area contributed by atoms with Crippen molar-refractivity contribution in [1.82, 2.24) is 9.97 Å². The number of halogens is 1. The summed E-state index contributed by atoms with van der Waals surface area (Å²) < 4.78 is 13.8. The van der Waals surface area contributed by atoms with Crippen LogP contribution in [0.15, 0.2) is 24.4 Å². The second-order valence-corrected chi connectivity index (χ2v) is 5.72. The van der Waals surface area contributed by atoms with E-state index in [4.69, 9.17) is 10.8 Å². The second-order valence-electron chi connectivity index (χ2n) is 5.72. The molecule has 3 N–H and O–H groups in total. The third kappa shape index (κ3) is 3.94. The average molecular weight is 331 g/mol. The lowest BCUT2D eigenvalue weighted by atomic mass is 9.87. The predicted octanol–water partition coefficient (Wildman–Crippen LogP) is 3.33. The highest BCUT2D eigenvalue weighted by Crippen LogP contribution is 2.33. The van der Waals surface area contributed by atoms with Gasteiger partial charge < -0.3 is 10.8 Å². The predicted molar refractivity (Wildman–Crippen MR) is 91.2 cm³/mol. The van der Waals surface area contributed by atoms with Gasteiger partial charge in [0.15, 0.2) is 6.29 Å². The van der Waals surface area contributed by atoms with Crippen LogP contribution < -0.4 is 5.73 Å². The number of rotatable bonds is 3. The molecule has 0 amide bonds. The number of aldehydes is 1. The van der Waals surface area contributed by atoms with Gasteiger partial charge in [0.25, 0.3) is 0 Å². The van der Waals surface area contributed by atoms with Crippen molar-refractivity contribution in [2.75, 3.05) is 12.8 Å². The number of carbonyl (C=O) groups is 1. The van der Waals surface area contributed by atoms with Crippen LogP contribution in [0.4, 0.5) is 10.2 Å². The number of carbonyl (C=O) groups excluding carboxylic acids is 1. The third-order valence-corrected chi connectivity index (χ3v) is 4.24. The van der Waals surface area contributed by atoms with Crippen molar-refractivity contribution in [3.63, 3.8) is 0 Å². The summed E-state index contributed by atoms with van der Waals surface area (Å²) in [5, 5.41) is 7.00. The Morgan fingerprint density at radius 2 is 1.96 bits per heavy atom. The first-order valence-corrected chi connectivity index (χ1v) is 8.01. The average Bonchev–Trinajstić information content (AvgIpc) is 2.64. The van der Waals surface area contributed by atoms with Gasteiger partial charge in [-0.25, -0.2) is 14.4 Å². The molecule has 0 bridgehead atoms. The van der Waals surface area contributed by atoms with Crippen molar-refractivity contribution < 1.29 is 14.3 Å². The Bertz CT molecular complexity index is 701. The smallest absolute Gasteiger partial charge is 0.152 e. The fourth-order valence-electron chi connectivity index (χ4n) is 2.99. The van der Waals surface area contributed by atoms with Crippen LogP contribution >= 0.6 is 0 Å². The van der Waals surface area contributed by atoms with E-state index in [-0.39, 0.29) is 11.4 Å². The normalized spacial score (nSPS) is 14.6. The minimum Gasteiger partial charge on any atom is -0.400 e.